The molecule has 0 aromatic heterocycles. The molecule has 1 heterocycles. The molecule has 0 bridgehead atoms. The number of piperidine rings is 1. The number of aliphatic hydroxyl groups excluding tert-OH is 1. The number of benzene rings is 1. The molecule has 1 saturated heterocycles. The van der Waals surface area contributed by atoms with Crippen molar-refractivity contribution in [2.45, 2.75) is 52.7 Å². The maximum absolute atomic E-state index is 10.3. The fourth-order valence-corrected chi connectivity index (χ4v) is 2.99. The zero-order valence-corrected chi connectivity index (χ0v) is 15.6. The third-order valence-corrected chi connectivity index (χ3v) is 4.44. The van der Waals surface area contributed by atoms with Crippen LogP contribution < -0.4 is 4.74 Å². The number of aliphatic hydroxyl groups is 1. The Kier molecular flexibility index (Phi) is 7.53. The first-order chi connectivity index (χ1) is 11.4. The van der Waals surface area contributed by atoms with E-state index in [1.54, 1.807) is 0 Å². The van der Waals surface area contributed by atoms with Crippen molar-refractivity contribution in [1.29, 1.82) is 0 Å². The largest absolute Gasteiger partial charge is 0.491 e. The molecule has 4 nitrogen and oxygen atoms in total. The van der Waals surface area contributed by atoms with E-state index in [9.17, 15) is 5.11 Å². The predicted molar refractivity (Wildman–Crippen MR) is 97.7 cm³/mol. The molecule has 136 valence electrons. The van der Waals surface area contributed by atoms with Crippen molar-refractivity contribution in [2.24, 2.45) is 5.92 Å². The first kappa shape index (κ1) is 19.2. The van der Waals surface area contributed by atoms with Crippen LogP contribution in [-0.2, 0) is 4.74 Å². The highest BCUT2D eigenvalue weighted by Gasteiger charge is 2.22. The summed E-state index contributed by atoms with van der Waals surface area (Å²) < 4.78 is 11.7. The van der Waals surface area contributed by atoms with E-state index in [4.69, 9.17) is 9.47 Å². The van der Waals surface area contributed by atoms with Gasteiger partial charge in [0.2, 0.25) is 0 Å². The van der Waals surface area contributed by atoms with Crippen LogP contribution >= 0.6 is 0 Å². The lowest BCUT2D eigenvalue weighted by molar-refractivity contribution is -0.0157. The SMILES string of the molecule is Cc1ccc(C)c(OCC(O)CN2CCC(OCC(C)C)CC2)c1. The zero-order chi connectivity index (χ0) is 17.5. The molecule has 24 heavy (non-hydrogen) atoms. The summed E-state index contributed by atoms with van der Waals surface area (Å²) >= 11 is 0. The van der Waals surface area contributed by atoms with E-state index in [2.05, 4.69) is 30.9 Å². The van der Waals surface area contributed by atoms with E-state index < -0.39 is 6.10 Å². The van der Waals surface area contributed by atoms with Crippen LogP contribution in [0.2, 0.25) is 0 Å². The van der Waals surface area contributed by atoms with Gasteiger partial charge in [-0.05, 0) is 49.8 Å². The molecule has 0 spiro atoms. The molecule has 1 aliphatic rings. The summed E-state index contributed by atoms with van der Waals surface area (Å²) in [4.78, 5) is 2.31. The molecule has 1 N–H and O–H groups in total. The van der Waals surface area contributed by atoms with Crippen LogP contribution in [0.3, 0.4) is 0 Å². The van der Waals surface area contributed by atoms with Crippen molar-refractivity contribution in [1.82, 2.24) is 4.90 Å². The summed E-state index contributed by atoms with van der Waals surface area (Å²) in [6.07, 6.45) is 2.03. The number of hydrogen-bond donors (Lipinski definition) is 1. The van der Waals surface area contributed by atoms with E-state index in [1.165, 1.54) is 5.56 Å². The van der Waals surface area contributed by atoms with Gasteiger partial charge in [0.15, 0.2) is 0 Å². The smallest absolute Gasteiger partial charge is 0.122 e. The van der Waals surface area contributed by atoms with Crippen LogP contribution in [0.5, 0.6) is 5.75 Å². The van der Waals surface area contributed by atoms with Crippen LogP contribution in [0.1, 0.15) is 37.8 Å². The number of aryl methyl sites for hydroxylation is 2. The summed E-state index contributed by atoms with van der Waals surface area (Å²) in [5.41, 5.74) is 2.28. The lowest BCUT2D eigenvalue weighted by Crippen LogP contribution is -2.42. The standard InChI is InChI=1S/C20H33NO3/c1-15(2)13-23-19-7-9-21(10-8-19)12-18(22)14-24-20-11-16(3)5-6-17(20)4/h5-6,11,15,18-19,22H,7-10,12-14H2,1-4H3. The predicted octanol–water partition coefficient (Wildman–Crippen LogP) is 3.18. The van der Waals surface area contributed by atoms with Crippen LogP contribution in [0, 0.1) is 19.8 Å². The highest BCUT2D eigenvalue weighted by atomic mass is 16.5. The van der Waals surface area contributed by atoms with Gasteiger partial charge in [-0.3, -0.25) is 0 Å². The molecule has 4 heteroatoms. The summed E-state index contributed by atoms with van der Waals surface area (Å²) in [5.74, 6) is 1.46. The van der Waals surface area contributed by atoms with Crippen LogP contribution in [0.4, 0.5) is 0 Å². The fourth-order valence-electron chi connectivity index (χ4n) is 2.99. The molecule has 0 radical (unpaired) electrons. The number of nitrogens with zero attached hydrogens (tertiary/aromatic N) is 1. The Morgan fingerprint density at radius 3 is 2.54 bits per heavy atom. The molecule has 1 aliphatic heterocycles. The molecule has 1 unspecified atom stereocenters. The minimum absolute atomic E-state index is 0.341. The van der Waals surface area contributed by atoms with E-state index >= 15 is 0 Å². The van der Waals surface area contributed by atoms with Gasteiger partial charge in [0.25, 0.3) is 0 Å². The molecule has 0 saturated carbocycles. The number of rotatable bonds is 8. The van der Waals surface area contributed by atoms with Crippen molar-refractivity contribution < 1.29 is 14.6 Å². The quantitative estimate of drug-likeness (QED) is 0.792. The summed E-state index contributed by atoms with van der Waals surface area (Å²) in [6, 6.07) is 6.16. The molecule has 1 aromatic carbocycles. The average Bonchev–Trinajstić information content (AvgIpc) is 2.55. The van der Waals surface area contributed by atoms with Gasteiger partial charge in [-0.25, -0.2) is 0 Å². The lowest BCUT2D eigenvalue weighted by Gasteiger charge is -2.33. The molecule has 1 atom stereocenters. The van der Waals surface area contributed by atoms with Crippen molar-refractivity contribution in [2.75, 3.05) is 32.8 Å². The maximum atomic E-state index is 10.3. The van der Waals surface area contributed by atoms with Crippen molar-refractivity contribution in [3.8, 4) is 5.75 Å². The van der Waals surface area contributed by atoms with Gasteiger partial charge in [-0.2, -0.15) is 0 Å². The Morgan fingerprint density at radius 1 is 1.17 bits per heavy atom. The molecular weight excluding hydrogens is 302 g/mol. The normalized spacial score (nSPS) is 18.1. The number of hydrogen-bond acceptors (Lipinski definition) is 4. The third kappa shape index (κ3) is 6.42. The van der Waals surface area contributed by atoms with Crippen molar-refractivity contribution in [3.63, 3.8) is 0 Å². The van der Waals surface area contributed by atoms with Gasteiger partial charge in [0, 0.05) is 26.2 Å². The molecule has 1 fully saturated rings. The van der Waals surface area contributed by atoms with Gasteiger partial charge in [0.05, 0.1) is 6.10 Å². The van der Waals surface area contributed by atoms with Crippen molar-refractivity contribution >= 4 is 0 Å². The summed E-state index contributed by atoms with van der Waals surface area (Å²) in [7, 11) is 0. The Labute approximate surface area is 146 Å². The minimum atomic E-state index is -0.460. The lowest BCUT2D eigenvalue weighted by atomic mass is 10.1. The second-order valence-corrected chi connectivity index (χ2v) is 7.46. The Bertz CT molecular complexity index is 496. The minimum Gasteiger partial charge on any atom is -0.491 e. The molecule has 2 rings (SSSR count). The molecule has 0 amide bonds. The highest BCUT2D eigenvalue weighted by Crippen LogP contribution is 2.20. The number of β-amino-alcohol motifs (C(OH)–C–C–N with tert-alkyl or cyclic N) is 1. The highest BCUT2D eigenvalue weighted by molar-refractivity contribution is 5.35. The summed E-state index contributed by atoms with van der Waals surface area (Å²) in [5, 5.41) is 10.3. The molecular formula is C20H33NO3. The van der Waals surface area contributed by atoms with Gasteiger partial charge in [-0.1, -0.05) is 26.0 Å². The maximum Gasteiger partial charge on any atom is 0.122 e. The Balaban J connectivity index is 1.68. The topological polar surface area (TPSA) is 41.9 Å². The van der Waals surface area contributed by atoms with Gasteiger partial charge in [-0.15, -0.1) is 0 Å². The van der Waals surface area contributed by atoms with Gasteiger partial charge < -0.3 is 19.5 Å². The van der Waals surface area contributed by atoms with E-state index in [0.29, 0.717) is 25.2 Å². The fraction of sp³-hybridized carbons (Fsp3) is 0.700. The van der Waals surface area contributed by atoms with Gasteiger partial charge >= 0.3 is 0 Å². The molecule has 1 aromatic rings. The Morgan fingerprint density at radius 2 is 1.88 bits per heavy atom. The van der Waals surface area contributed by atoms with Gasteiger partial charge in [0.1, 0.15) is 18.5 Å². The monoisotopic (exact) mass is 335 g/mol. The van der Waals surface area contributed by atoms with Crippen LogP contribution in [0.15, 0.2) is 18.2 Å². The molecule has 0 aliphatic carbocycles. The van der Waals surface area contributed by atoms with E-state index in [-0.39, 0.29) is 0 Å². The van der Waals surface area contributed by atoms with Crippen molar-refractivity contribution in [3.05, 3.63) is 29.3 Å². The first-order valence-corrected chi connectivity index (χ1v) is 9.16. The third-order valence-electron chi connectivity index (χ3n) is 4.44. The average molecular weight is 335 g/mol. The second-order valence-electron chi connectivity index (χ2n) is 7.46. The number of ether oxygens (including phenoxy) is 2. The zero-order valence-electron chi connectivity index (χ0n) is 15.6. The second kappa shape index (κ2) is 9.40. The first-order valence-electron chi connectivity index (χ1n) is 9.16. The Hall–Kier alpha value is -1.10. The van der Waals surface area contributed by atoms with E-state index in [0.717, 1.165) is 43.9 Å². The number of likely N-dealkylation sites (tertiary alicyclic amines) is 1. The van der Waals surface area contributed by atoms with Crippen LogP contribution in [0.25, 0.3) is 0 Å². The van der Waals surface area contributed by atoms with E-state index in [1.807, 2.05) is 19.9 Å². The van der Waals surface area contributed by atoms with Crippen LogP contribution in [-0.4, -0.2) is 55.1 Å². The summed E-state index contributed by atoms with van der Waals surface area (Å²) in [6.45, 7) is 12.3.